The number of piperazine rings is 1. The highest BCUT2D eigenvalue weighted by Crippen LogP contribution is 2.26. The van der Waals surface area contributed by atoms with Crippen LogP contribution in [0.4, 0.5) is 13.2 Å². The van der Waals surface area contributed by atoms with Gasteiger partial charge in [-0.1, -0.05) is 24.3 Å². The van der Waals surface area contributed by atoms with Gasteiger partial charge < -0.3 is 15.0 Å². The highest BCUT2D eigenvalue weighted by Gasteiger charge is 2.32. The molecule has 0 aliphatic carbocycles. The predicted octanol–water partition coefficient (Wildman–Crippen LogP) is 2.37. The van der Waals surface area contributed by atoms with Gasteiger partial charge >= 0.3 is 6.36 Å². The molecule has 2 amide bonds. The molecule has 1 aliphatic rings. The third-order valence-corrected chi connectivity index (χ3v) is 6.95. The van der Waals surface area contributed by atoms with Crippen molar-refractivity contribution in [3.05, 3.63) is 59.7 Å². The summed E-state index contributed by atoms with van der Waals surface area (Å²) < 4.78 is 68.8. The van der Waals surface area contributed by atoms with Crippen LogP contribution >= 0.6 is 0 Å². The van der Waals surface area contributed by atoms with Crippen LogP contribution in [-0.2, 0) is 21.4 Å². The van der Waals surface area contributed by atoms with E-state index >= 15 is 0 Å². The summed E-state index contributed by atoms with van der Waals surface area (Å²) in [5.74, 6) is -1.23. The number of ether oxygens (including phenoxy) is 1. The summed E-state index contributed by atoms with van der Waals surface area (Å²) in [4.78, 5) is 25.5. The fraction of sp³-hybridized carbons (Fsp3) is 0.333. The molecule has 33 heavy (non-hydrogen) atoms. The van der Waals surface area contributed by atoms with Gasteiger partial charge in [0.2, 0.25) is 15.9 Å². The molecular formula is C21H22F3N3O5S. The Labute approximate surface area is 189 Å². The van der Waals surface area contributed by atoms with E-state index in [1.165, 1.54) is 53.7 Å². The zero-order valence-electron chi connectivity index (χ0n) is 17.6. The minimum atomic E-state index is -4.88. The fourth-order valence-corrected chi connectivity index (χ4v) is 4.81. The molecule has 12 heteroatoms. The Balaban J connectivity index is 1.70. The summed E-state index contributed by atoms with van der Waals surface area (Å²) in [6.07, 6.45) is -4.88. The molecular weight excluding hydrogens is 463 g/mol. The number of para-hydroxylation sites is 1. The molecule has 0 radical (unpaired) electrons. The smallest absolute Gasteiger partial charge is 0.405 e. The molecule has 1 aliphatic heterocycles. The van der Waals surface area contributed by atoms with Crippen molar-refractivity contribution in [2.75, 3.05) is 26.2 Å². The second-order valence-corrected chi connectivity index (χ2v) is 9.21. The number of sulfonamides is 1. The lowest BCUT2D eigenvalue weighted by Gasteiger charge is -2.33. The molecule has 3 rings (SSSR count). The van der Waals surface area contributed by atoms with Crippen LogP contribution in [-0.4, -0.2) is 62.0 Å². The lowest BCUT2D eigenvalue weighted by Crippen LogP contribution is -2.49. The quantitative estimate of drug-likeness (QED) is 0.678. The number of nitrogens with one attached hydrogen (secondary N) is 1. The first-order valence-corrected chi connectivity index (χ1v) is 11.4. The number of nitrogens with zero attached hydrogens (tertiary/aromatic N) is 2. The Hall–Kier alpha value is -3.12. The molecule has 178 valence electrons. The third-order valence-electron chi connectivity index (χ3n) is 5.06. The van der Waals surface area contributed by atoms with E-state index in [1.807, 2.05) is 0 Å². The average Bonchev–Trinajstić information content (AvgIpc) is 2.77. The molecule has 0 unspecified atom stereocenters. The van der Waals surface area contributed by atoms with Crippen LogP contribution in [0.5, 0.6) is 5.75 Å². The Morgan fingerprint density at radius 3 is 2.33 bits per heavy atom. The first-order chi connectivity index (χ1) is 15.5. The summed E-state index contributed by atoms with van der Waals surface area (Å²) in [7, 11) is -3.89. The van der Waals surface area contributed by atoms with Crippen LogP contribution in [0.3, 0.4) is 0 Å². The van der Waals surface area contributed by atoms with E-state index in [0.717, 1.165) is 6.07 Å². The molecule has 1 heterocycles. The Morgan fingerprint density at radius 2 is 1.70 bits per heavy atom. The maximum atomic E-state index is 13.0. The van der Waals surface area contributed by atoms with E-state index in [0.29, 0.717) is 0 Å². The van der Waals surface area contributed by atoms with E-state index in [2.05, 4.69) is 10.1 Å². The van der Waals surface area contributed by atoms with Crippen LogP contribution in [0.15, 0.2) is 53.4 Å². The van der Waals surface area contributed by atoms with Gasteiger partial charge in [-0.2, -0.15) is 4.31 Å². The van der Waals surface area contributed by atoms with E-state index in [1.54, 1.807) is 4.90 Å². The number of hydrogen-bond donors (Lipinski definition) is 1. The summed E-state index contributed by atoms with van der Waals surface area (Å²) in [6.45, 7) is 1.97. The van der Waals surface area contributed by atoms with Gasteiger partial charge in [-0.05, 0) is 24.3 Å². The highest BCUT2D eigenvalue weighted by molar-refractivity contribution is 7.89. The molecule has 0 saturated carbocycles. The van der Waals surface area contributed by atoms with Gasteiger partial charge in [-0.3, -0.25) is 9.59 Å². The summed E-state index contributed by atoms with van der Waals surface area (Å²) >= 11 is 0. The van der Waals surface area contributed by atoms with Crippen LogP contribution in [0.1, 0.15) is 22.8 Å². The van der Waals surface area contributed by atoms with Crippen molar-refractivity contribution in [1.82, 2.24) is 14.5 Å². The first kappa shape index (κ1) is 24.5. The second kappa shape index (κ2) is 9.79. The number of carbonyl (C=O) groups excluding carboxylic acids is 2. The summed E-state index contributed by atoms with van der Waals surface area (Å²) in [6, 6.07) is 10.8. The van der Waals surface area contributed by atoms with Gasteiger partial charge in [0.15, 0.2) is 0 Å². The first-order valence-electron chi connectivity index (χ1n) is 9.95. The van der Waals surface area contributed by atoms with Crippen molar-refractivity contribution >= 4 is 21.8 Å². The zero-order valence-corrected chi connectivity index (χ0v) is 18.4. The van der Waals surface area contributed by atoms with Crippen molar-refractivity contribution in [2.45, 2.75) is 24.7 Å². The standard InChI is InChI=1S/C21H22F3N3O5S/c1-15(28)26-9-11-27(12-10-26)33(30,31)18-7-4-6-16(13-18)20(29)25-14-17-5-2-3-8-19(17)32-21(22,23)24/h2-8,13H,9-12,14H2,1H3,(H,25,29). The van der Waals surface area contributed by atoms with E-state index in [-0.39, 0.29) is 54.7 Å². The van der Waals surface area contributed by atoms with Crippen LogP contribution < -0.4 is 10.1 Å². The van der Waals surface area contributed by atoms with Gasteiger partial charge in [0.1, 0.15) is 5.75 Å². The van der Waals surface area contributed by atoms with E-state index in [4.69, 9.17) is 0 Å². The van der Waals surface area contributed by atoms with Crippen molar-refractivity contribution in [2.24, 2.45) is 0 Å². The van der Waals surface area contributed by atoms with Crippen molar-refractivity contribution < 1.29 is 35.9 Å². The molecule has 0 spiro atoms. The normalized spacial score (nSPS) is 15.2. The zero-order chi connectivity index (χ0) is 24.2. The molecule has 0 aromatic heterocycles. The number of alkyl halides is 3. The van der Waals surface area contributed by atoms with Crippen LogP contribution in [0.25, 0.3) is 0 Å². The number of benzene rings is 2. The van der Waals surface area contributed by atoms with Crippen LogP contribution in [0.2, 0.25) is 0 Å². The summed E-state index contributed by atoms with van der Waals surface area (Å²) in [5.41, 5.74) is 0.142. The van der Waals surface area contributed by atoms with Crippen LogP contribution in [0, 0.1) is 0 Å². The van der Waals surface area contributed by atoms with Crippen molar-refractivity contribution in [3.8, 4) is 5.75 Å². The van der Waals surface area contributed by atoms with Crippen molar-refractivity contribution in [1.29, 1.82) is 0 Å². The average molecular weight is 485 g/mol. The maximum absolute atomic E-state index is 13.0. The second-order valence-electron chi connectivity index (χ2n) is 7.28. The largest absolute Gasteiger partial charge is 0.573 e. The molecule has 1 fully saturated rings. The minimum absolute atomic E-state index is 0.0349. The number of carbonyl (C=O) groups is 2. The number of hydrogen-bond acceptors (Lipinski definition) is 5. The van der Waals surface area contributed by atoms with E-state index < -0.39 is 28.0 Å². The molecule has 0 bridgehead atoms. The topological polar surface area (TPSA) is 96.0 Å². The third kappa shape index (κ3) is 6.23. The Morgan fingerprint density at radius 1 is 1.03 bits per heavy atom. The molecule has 2 aromatic carbocycles. The number of halogens is 3. The number of amides is 2. The van der Waals surface area contributed by atoms with Gasteiger partial charge in [0.25, 0.3) is 5.91 Å². The highest BCUT2D eigenvalue weighted by atomic mass is 32.2. The Kier molecular flexibility index (Phi) is 7.28. The molecule has 2 aromatic rings. The number of rotatable bonds is 6. The summed E-state index contributed by atoms with van der Waals surface area (Å²) in [5, 5.41) is 2.48. The maximum Gasteiger partial charge on any atom is 0.573 e. The molecule has 1 N–H and O–H groups in total. The fourth-order valence-electron chi connectivity index (χ4n) is 3.34. The molecule has 1 saturated heterocycles. The molecule has 8 nitrogen and oxygen atoms in total. The van der Waals surface area contributed by atoms with Gasteiger partial charge in [-0.25, -0.2) is 8.42 Å². The van der Waals surface area contributed by atoms with Gasteiger partial charge in [0.05, 0.1) is 4.90 Å². The van der Waals surface area contributed by atoms with Gasteiger partial charge in [-0.15, -0.1) is 13.2 Å². The lowest BCUT2D eigenvalue weighted by molar-refractivity contribution is -0.274. The van der Waals surface area contributed by atoms with E-state index in [9.17, 15) is 31.2 Å². The SMILES string of the molecule is CC(=O)N1CCN(S(=O)(=O)c2cccc(C(=O)NCc3ccccc3OC(F)(F)F)c2)CC1. The molecule has 0 atom stereocenters. The Bertz CT molecular complexity index is 1130. The van der Waals surface area contributed by atoms with Crippen molar-refractivity contribution in [3.63, 3.8) is 0 Å². The predicted molar refractivity (Wildman–Crippen MR) is 112 cm³/mol. The monoisotopic (exact) mass is 485 g/mol. The minimum Gasteiger partial charge on any atom is -0.405 e. The van der Waals surface area contributed by atoms with Gasteiger partial charge in [0, 0.05) is 50.8 Å². The lowest BCUT2D eigenvalue weighted by atomic mass is 10.1.